The molecule has 4 aromatic carbocycles. The number of aromatic hydroxyl groups is 1. The van der Waals surface area contributed by atoms with Gasteiger partial charge in [0.25, 0.3) is 11.8 Å². The third-order valence-corrected chi connectivity index (χ3v) is 13.1. The fourth-order valence-corrected chi connectivity index (χ4v) is 10.2. The molecule has 2 saturated heterocycles. The van der Waals surface area contributed by atoms with Crippen molar-refractivity contribution in [3.63, 3.8) is 0 Å². The van der Waals surface area contributed by atoms with E-state index < -0.39 is 69.5 Å². The summed E-state index contributed by atoms with van der Waals surface area (Å²) < 4.78 is 41.6. The van der Waals surface area contributed by atoms with Crippen molar-refractivity contribution >= 4 is 91.7 Å². The zero-order valence-electron chi connectivity index (χ0n) is 29.3. The second-order valence-corrected chi connectivity index (χ2v) is 16.7. The van der Waals surface area contributed by atoms with Gasteiger partial charge in [-0.3, -0.25) is 29.5 Å². The number of anilines is 2. The van der Waals surface area contributed by atoms with E-state index in [9.17, 15) is 27.9 Å². The lowest BCUT2D eigenvalue weighted by molar-refractivity contribution is -0.139. The van der Waals surface area contributed by atoms with Crippen molar-refractivity contribution < 1.29 is 37.5 Å². The first-order chi connectivity index (χ1) is 27.2. The lowest BCUT2D eigenvalue weighted by atomic mass is 9.49. The fraction of sp³-hybridized carbons (Fsp3) is 0.214. The van der Waals surface area contributed by atoms with Gasteiger partial charge in [0.05, 0.1) is 39.4 Å². The van der Waals surface area contributed by atoms with Crippen LogP contribution in [0, 0.1) is 27.2 Å². The number of amides is 4. The molecule has 4 aliphatic rings. The van der Waals surface area contributed by atoms with Crippen LogP contribution >= 0.6 is 45.8 Å². The van der Waals surface area contributed by atoms with Gasteiger partial charge in [-0.15, -0.1) is 0 Å². The Balaban J connectivity index is 1.26. The van der Waals surface area contributed by atoms with Crippen LogP contribution in [-0.2, 0) is 30.8 Å². The summed E-state index contributed by atoms with van der Waals surface area (Å²) in [5.74, 6) is -7.05. The number of imide groups is 2. The quantitative estimate of drug-likeness (QED) is 0.103. The van der Waals surface area contributed by atoms with Crippen molar-refractivity contribution in [1.82, 2.24) is 9.99 Å². The normalized spacial score (nSPS) is 25.7. The number of carbonyl (C=O) groups is 4. The number of nitrogens with zero attached hydrogens (tertiary/aromatic N) is 3. The van der Waals surface area contributed by atoms with E-state index in [4.69, 9.17) is 23.2 Å². The number of allylic oxidation sites excluding steroid dienone is 2. The highest BCUT2D eigenvalue weighted by Gasteiger charge is 2.70. The van der Waals surface area contributed by atoms with E-state index >= 15 is 9.59 Å². The van der Waals surface area contributed by atoms with Gasteiger partial charge in [0, 0.05) is 26.1 Å². The summed E-state index contributed by atoms with van der Waals surface area (Å²) in [7, 11) is 0. The highest BCUT2D eigenvalue weighted by atomic mass is 127. The first kappa shape index (κ1) is 37.6. The van der Waals surface area contributed by atoms with Crippen molar-refractivity contribution in [3.05, 3.63) is 139 Å². The maximum absolute atomic E-state index is 15.5. The molecule has 288 valence electrons. The number of phenols is 1. The van der Waals surface area contributed by atoms with E-state index in [0.717, 1.165) is 8.58 Å². The number of nitrogens with one attached hydrogen (secondary N) is 1. The molecule has 6 unspecified atom stereocenters. The van der Waals surface area contributed by atoms with Gasteiger partial charge in [-0.05, 0) is 106 Å². The maximum Gasteiger partial charge on any atom is 0.417 e. The number of benzene rings is 4. The van der Waals surface area contributed by atoms with Gasteiger partial charge in [0.15, 0.2) is 5.82 Å². The van der Waals surface area contributed by atoms with Crippen LogP contribution in [0.25, 0.3) is 10.8 Å². The number of halogens is 6. The van der Waals surface area contributed by atoms with Gasteiger partial charge in [-0.1, -0.05) is 77.3 Å². The number of rotatable bonds is 5. The molecule has 2 aliphatic heterocycles. The van der Waals surface area contributed by atoms with Crippen molar-refractivity contribution in [3.8, 4) is 5.75 Å². The summed E-state index contributed by atoms with van der Waals surface area (Å²) in [6, 6.07) is 24.5. The molecule has 6 atom stereocenters. The Labute approximate surface area is 346 Å². The molecule has 5 aromatic rings. The standard InChI is InChI=1S/C42H28Cl2F3IN4O5/c43-22-7-5-20(6-8-22)41-31(38(55)52(40(41)57)50-36-32(44)17-21(19-49-36)42(45,46)47)18-30-28(35(41)27-15-16-33(53)26-4-2-1-3-25(26)27)13-14-29-34(30)39(56)51(37(29)54)24-11-9-23(48)10-12-24/h1-13,15-17,19,29-31,34-35,53H,14,18H2,(H,49,50). The smallest absolute Gasteiger partial charge is 0.417 e. The topological polar surface area (TPSA) is 120 Å². The molecule has 0 spiro atoms. The van der Waals surface area contributed by atoms with Crippen molar-refractivity contribution in [2.45, 2.75) is 30.4 Å². The molecular formula is C42H28Cl2F3IN4O5. The van der Waals surface area contributed by atoms with Crippen LogP contribution in [0.5, 0.6) is 5.75 Å². The number of hydrazine groups is 1. The Morgan fingerprint density at radius 1 is 0.860 bits per heavy atom. The molecule has 2 aliphatic carbocycles. The molecule has 4 amide bonds. The first-order valence-corrected chi connectivity index (χ1v) is 19.7. The minimum absolute atomic E-state index is 0.0126. The van der Waals surface area contributed by atoms with Crippen LogP contribution in [0.15, 0.2) is 109 Å². The molecule has 9 rings (SSSR count). The summed E-state index contributed by atoms with van der Waals surface area (Å²) in [6.07, 6.45) is -2.13. The molecule has 3 fully saturated rings. The Kier molecular flexibility index (Phi) is 8.94. The Morgan fingerprint density at radius 3 is 2.25 bits per heavy atom. The second-order valence-electron chi connectivity index (χ2n) is 14.6. The highest BCUT2D eigenvalue weighted by Crippen LogP contribution is 2.65. The SMILES string of the molecule is O=C1C2CC3C(=CCC4C(=O)N(c5ccc(I)cc5)C(=O)C43)C(c3ccc(O)c4ccccc34)C2(c2ccc(Cl)cc2)C(=O)N1Nc1ncc(C(F)(F)F)cc1Cl. The summed E-state index contributed by atoms with van der Waals surface area (Å²) in [4.78, 5) is 64.3. The number of phenolic OH excluding ortho intramolecular Hbond substituents is 1. The summed E-state index contributed by atoms with van der Waals surface area (Å²) in [5.41, 5.74) is 1.91. The summed E-state index contributed by atoms with van der Waals surface area (Å²) in [6.45, 7) is 0. The van der Waals surface area contributed by atoms with Gasteiger partial charge >= 0.3 is 6.18 Å². The van der Waals surface area contributed by atoms with Crippen LogP contribution in [0.1, 0.15) is 35.4 Å². The number of aromatic nitrogens is 1. The van der Waals surface area contributed by atoms with Gasteiger partial charge in [0.1, 0.15) is 5.75 Å². The molecule has 1 saturated carbocycles. The Bertz CT molecular complexity index is 2590. The average molecular weight is 924 g/mol. The van der Waals surface area contributed by atoms with E-state index in [1.807, 2.05) is 6.08 Å². The van der Waals surface area contributed by atoms with E-state index in [1.54, 1.807) is 78.9 Å². The average Bonchev–Trinajstić information content (AvgIpc) is 3.57. The third kappa shape index (κ3) is 5.67. The van der Waals surface area contributed by atoms with E-state index in [-0.39, 0.29) is 30.3 Å². The van der Waals surface area contributed by atoms with Gasteiger partial charge in [-0.25, -0.2) is 4.98 Å². The van der Waals surface area contributed by atoms with Crippen LogP contribution in [-0.4, -0.2) is 38.7 Å². The number of hydrogen-bond acceptors (Lipinski definition) is 7. The van der Waals surface area contributed by atoms with Crippen molar-refractivity contribution in [2.75, 3.05) is 10.3 Å². The molecule has 3 heterocycles. The second kappa shape index (κ2) is 13.6. The molecule has 9 nitrogen and oxygen atoms in total. The number of alkyl halides is 3. The highest BCUT2D eigenvalue weighted by molar-refractivity contribution is 14.1. The minimum atomic E-state index is -4.75. The molecule has 2 N–H and O–H groups in total. The number of hydrogen-bond donors (Lipinski definition) is 2. The number of fused-ring (bicyclic) bond motifs is 5. The molecule has 57 heavy (non-hydrogen) atoms. The Morgan fingerprint density at radius 2 is 1.56 bits per heavy atom. The fourth-order valence-electron chi connectivity index (χ4n) is 9.53. The van der Waals surface area contributed by atoms with Gasteiger partial charge < -0.3 is 5.11 Å². The zero-order chi connectivity index (χ0) is 40.1. The van der Waals surface area contributed by atoms with Crippen molar-refractivity contribution in [1.29, 1.82) is 0 Å². The molecule has 1 aromatic heterocycles. The largest absolute Gasteiger partial charge is 0.507 e. The predicted molar refractivity (Wildman–Crippen MR) is 214 cm³/mol. The monoisotopic (exact) mass is 922 g/mol. The Hall–Kier alpha value is -4.99. The lowest BCUT2D eigenvalue weighted by Gasteiger charge is -2.51. The number of carbonyl (C=O) groups excluding carboxylic acids is 4. The van der Waals surface area contributed by atoms with Crippen LogP contribution in [0.2, 0.25) is 10.0 Å². The molecular weight excluding hydrogens is 895 g/mol. The zero-order valence-corrected chi connectivity index (χ0v) is 33.0. The van der Waals surface area contributed by atoms with Gasteiger partial charge in [0.2, 0.25) is 11.8 Å². The lowest BCUT2D eigenvalue weighted by Crippen LogP contribution is -2.53. The van der Waals surface area contributed by atoms with Gasteiger partial charge in [-0.2, -0.15) is 18.2 Å². The van der Waals surface area contributed by atoms with Crippen LogP contribution in [0.3, 0.4) is 0 Å². The first-order valence-electron chi connectivity index (χ1n) is 17.9. The van der Waals surface area contributed by atoms with E-state index in [0.29, 0.717) is 50.4 Å². The van der Waals surface area contributed by atoms with E-state index in [1.165, 1.54) is 11.0 Å². The van der Waals surface area contributed by atoms with Crippen LogP contribution in [0.4, 0.5) is 24.7 Å². The number of pyridine rings is 1. The predicted octanol–water partition coefficient (Wildman–Crippen LogP) is 9.06. The minimum Gasteiger partial charge on any atom is -0.507 e. The van der Waals surface area contributed by atoms with Crippen molar-refractivity contribution in [2.24, 2.45) is 23.7 Å². The van der Waals surface area contributed by atoms with E-state index in [2.05, 4.69) is 33.0 Å². The van der Waals surface area contributed by atoms with Crippen LogP contribution < -0.4 is 10.3 Å². The maximum atomic E-state index is 15.5. The summed E-state index contributed by atoms with van der Waals surface area (Å²) >= 11 is 14.8. The third-order valence-electron chi connectivity index (χ3n) is 11.9. The summed E-state index contributed by atoms with van der Waals surface area (Å²) in [5, 5.41) is 12.7. The molecule has 15 heteroatoms. The molecule has 0 radical (unpaired) electrons. The molecule has 0 bridgehead atoms.